The van der Waals surface area contributed by atoms with Crippen LogP contribution in [-0.2, 0) is 0 Å². The van der Waals surface area contributed by atoms with Gasteiger partial charge in [0, 0.05) is 25.7 Å². The van der Waals surface area contributed by atoms with Gasteiger partial charge in [0.1, 0.15) is 5.75 Å². The van der Waals surface area contributed by atoms with Crippen LogP contribution >= 0.6 is 11.6 Å². The number of halogens is 1. The lowest BCUT2D eigenvalue weighted by atomic mass is 10.2. The molecule has 0 N–H and O–H groups in total. The van der Waals surface area contributed by atoms with Crippen molar-refractivity contribution in [1.82, 2.24) is 0 Å². The van der Waals surface area contributed by atoms with Crippen LogP contribution in [0.3, 0.4) is 0 Å². The molecule has 0 spiro atoms. The molecule has 0 atom stereocenters. The van der Waals surface area contributed by atoms with E-state index < -0.39 is 0 Å². The predicted octanol–water partition coefficient (Wildman–Crippen LogP) is 2.23. The van der Waals surface area contributed by atoms with E-state index in [0.29, 0.717) is 16.3 Å². The van der Waals surface area contributed by atoms with Gasteiger partial charge in [-0.15, -0.1) is 0 Å². The molecule has 1 aromatic carbocycles. The third-order valence-corrected chi connectivity index (χ3v) is 2.23. The van der Waals surface area contributed by atoms with Gasteiger partial charge < -0.3 is 9.64 Å². The number of nitrogens with zero attached hydrogens (tertiary/aromatic N) is 1. The second-order valence-corrected chi connectivity index (χ2v) is 3.47. The van der Waals surface area contributed by atoms with E-state index in [1.807, 2.05) is 19.0 Å². The molecule has 0 aliphatic rings. The number of hydrogen-bond acceptors (Lipinski definition) is 3. The molecule has 1 aromatic rings. The van der Waals surface area contributed by atoms with Crippen molar-refractivity contribution in [3.63, 3.8) is 0 Å². The Morgan fingerprint density at radius 1 is 1.43 bits per heavy atom. The number of rotatable bonds is 3. The van der Waals surface area contributed by atoms with E-state index in [0.717, 1.165) is 12.0 Å². The summed E-state index contributed by atoms with van der Waals surface area (Å²) >= 11 is 5.86. The summed E-state index contributed by atoms with van der Waals surface area (Å²) in [5, 5.41) is 0.405. The molecule has 0 saturated carbocycles. The van der Waals surface area contributed by atoms with E-state index >= 15 is 0 Å². The highest BCUT2D eigenvalue weighted by molar-refractivity contribution is 6.33. The van der Waals surface area contributed by atoms with Gasteiger partial charge in [-0.3, -0.25) is 4.79 Å². The zero-order valence-electron chi connectivity index (χ0n) is 8.37. The summed E-state index contributed by atoms with van der Waals surface area (Å²) in [7, 11) is 5.32. The minimum Gasteiger partial charge on any atom is -0.495 e. The van der Waals surface area contributed by atoms with Gasteiger partial charge in [-0.05, 0) is 6.07 Å². The third kappa shape index (κ3) is 1.99. The molecule has 3 nitrogen and oxygen atoms in total. The fourth-order valence-electron chi connectivity index (χ4n) is 1.16. The molecule has 0 radical (unpaired) electrons. The maximum absolute atomic E-state index is 10.7. The monoisotopic (exact) mass is 213 g/mol. The molecule has 0 amide bonds. The van der Waals surface area contributed by atoms with Crippen LogP contribution in [-0.4, -0.2) is 27.5 Å². The van der Waals surface area contributed by atoms with E-state index in [-0.39, 0.29) is 0 Å². The van der Waals surface area contributed by atoms with Crippen LogP contribution in [0, 0.1) is 0 Å². The highest BCUT2D eigenvalue weighted by Gasteiger charge is 2.09. The van der Waals surface area contributed by atoms with Crippen molar-refractivity contribution < 1.29 is 9.53 Å². The van der Waals surface area contributed by atoms with Crippen LogP contribution in [0.15, 0.2) is 12.1 Å². The third-order valence-electron chi connectivity index (χ3n) is 1.91. The van der Waals surface area contributed by atoms with Crippen molar-refractivity contribution in [2.24, 2.45) is 0 Å². The fourth-order valence-corrected chi connectivity index (χ4v) is 1.36. The first-order chi connectivity index (χ1) is 6.60. The first-order valence-corrected chi connectivity index (χ1v) is 4.48. The lowest BCUT2D eigenvalue weighted by Crippen LogP contribution is -2.10. The van der Waals surface area contributed by atoms with Crippen LogP contribution < -0.4 is 9.64 Å². The first-order valence-electron chi connectivity index (χ1n) is 4.10. The van der Waals surface area contributed by atoms with Gasteiger partial charge in [-0.25, -0.2) is 0 Å². The molecule has 0 bridgehead atoms. The Bertz CT molecular complexity index is 350. The summed E-state index contributed by atoms with van der Waals surface area (Å²) in [4.78, 5) is 12.5. The molecule has 0 aromatic heterocycles. The van der Waals surface area contributed by atoms with Gasteiger partial charge in [-0.2, -0.15) is 0 Å². The van der Waals surface area contributed by atoms with Crippen LogP contribution in [0.1, 0.15) is 10.4 Å². The number of hydrogen-bond donors (Lipinski definition) is 0. The smallest absolute Gasteiger partial charge is 0.151 e. The molecule has 0 aliphatic heterocycles. The molecular weight excluding hydrogens is 202 g/mol. The molecule has 0 aliphatic carbocycles. The van der Waals surface area contributed by atoms with Gasteiger partial charge in [0.15, 0.2) is 6.29 Å². The largest absolute Gasteiger partial charge is 0.495 e. The maximum Gasteiger partial charge on any atom is 0.151 e. The van der Waals surface area contributed by atoms with Crippen molar-refractivity contribution in [3.8, 4) is 5.75 Å². The first kappa shape index (κ1) is 10.9. The zero-order valence-corrected chi connectivity index (χ0v) is 9.13. The van der Waals surface area contributed by atoms with Gasteiger partial charge in [0.2, 0.25) is 0 Å². The summed E-state index contributed by atoms with van der Waals surface area (Å²) in [5.74, 6) is 0.658. The van der Waals surface area contributed by atoms with E-state index in [2.05, 4.69) is 0 Å². The van der Waals surface area contributed by atoms with E-state index in [4.69, 9.17) is 16.3 Å². The molecule has 76 valence electrons. The number of carbonyl (C=O) groups is 1. The summed E-state index contributed by atoms with van der Waals surface area (Å²) < 4.78 is 5.14. The summed E-state index contributed by atoms with van der Waals surface area (Å²) in [6.07, 6.45) is 0.731. The normalized spacial score (nSPS) is 9.71. The number of ether oxygens (including phenoxy) is 1. The number of aldehydes is 1. The molecule has 0 fully saturated rings. The Morgan fingerprint density at radius 2 is 2.07 bits per heavy atom. The second kappa shape index (κ2) is 4.33. The molecule has 0 saturated heterocycles. The quantitative estimate of drug-likeness (QED) is 0.722. The summed E-state index contributed by atoms with van der Waals surface area (Å²) in [6.45, 7) is 0. The van der Waals surface area contributed by atoms with Crippen molar-refractivity contribution >= 4 is 23.6 Å². The number of methoxy groups -OCH3 is 1. The van der Waals surface area contributed by atoms with Crippen molar-refractivity contribution in [3.05, 3.63) is 22.7 Å². The van der Waals surface area contributed by atoms with Crippen molar-refractivity contribution in [2.75, 3.05) is 26.1 Å². The average Bonchev–Trinajstić information content (AvgIpc) is 2.16. The number of anilines is 1. The SMILES string of the molecule is COc1cc(Cl)c(C=O)cc1N(C)C. The highest BCUT2D eigenvalue weighted by atomic mass is 35.5. The molecule has 4 heteroatoms. The molecule has 14 heavy (non-hydrogen) atoms. The summed E-state index contributed by atoms with van der Waals surface area (Å²) in [6, 6.07) is 3.34. The van der Waals surface area contributed by atoms with Gasteiger partial charge in [0.05, 0.1) is 17.8 Å². The van der Waals surface area contributed by atoms with Crippen LogP contribution in [0.2, 0.25) is 5.02 Å². The lowest BCUT2D eigenvalue weighted by molar-refractivity contribution is 0.112. The Kier molecular flexibility index (Phi) is 3.36. The average molecular weight is 214 g/mol. The van der Waals surface area contributed by atoms with Crippen LogP contribution in [0.25, 0.3) is 0 Å². The minimum absolute atomic E-state index is 0.405. The predicted molar refractivity (Wildman–Crippen MR) is 57.7 cm³/mol. The van der Waals surface area contributed by atoms with E-state index in [1.54, 1.807) is 19.2 Å². The second-order valence-electron chi connectivity index (χ2n) is 3.06. The van der Waals surface area contributed by atoms with Crippen molar-refractivity contribution in [2.45, 2.75) is 0 Å². The standard InChI is InChI=1S/C10H12ClNO2/c1-12(2)9-4-7(6-13)8(11)5-10(9)14-3/h4-6H,1-3H3. The maximum atomic E-state index is 10.7. The number of benzene rings is 1. The van der Waals surface area contributed by atoms with E-state index in [9.17, 15) is 4.79 Å². The fraction of sp³-hybridized carbons (Fsp3) is 0.300. The molecule has 1 rings (SSSR count). The molecule has 0 heterocycles. The van der Waals surface area contributed by atoms with E-state index in [1.165, 1.54) is 0 Å². The zero-order chi connectivity index (χ0) is 10.7. The Hall–Kier alpha value is -1.22. The van der Waals surface area contributed by atoms with Gasteiger partial charge >= 0.3 is 0 Å². The Balaban J connectivity index is 3.32. The summed E-state index contributed by atoms with van der Waals surface area (Å²) in [5.41, 5.74) is 1.30. The Labute approximate surface area is 88.2 Å². The Morgan fingerprint density at radius 3 is 2.50 bits per heavy atom. The van der Waals surface area contributed by atoms with Gasteiger partial charge in [-0.1, -0.05) is 11.6 Å². The molecule has 0 unspecified atom stereocenters. The highest BCUT2D eigenvalue weighted by Crippen LogP contribution is 2.32. The van der Waals surface area contributed by atoms with Gasteiger partial charge in [0.25, 0.3) is 0 Å². The van der Waals surface area contributed by atoms with Crippen LogP contribution in [0.5, 0.6) is 5.75 Å². The number of carbonyl (C=O) groups excluding carboxylic acids is 1. The van der Waals surface area contributed by atoms with Crippen molar-refractivity contribution in [1.29, 1.82) is 0 Å². The minimum atomic E-state index is 0.405. The molecular formula is C10H12ClNO2. The van der Waals surface area contributed by atoms with Crippen LogP contribution in [0.4, 0.5) is 5.69 Å². The lowest BCUT2D eigenvalue weighted by Gasteiger charge is -2.17. The topological polar surface area (TPSA) is 29.5 Å².